The molecule has 0 bridgehead atoms. The lowest BCUT2D eigenvalue weighted by Crippen LogP contribution is -2.31. The highest BCUT2D eigenvalue weighted by Crippen LogP contribution is 2.27. The molecule has 2 aromatic carbocycles. The van der Waals surface area contributed by atoms with Crippen molar-refractivity contribution in [3.63, 3.8) is 0 Å². The summed E-state index contributed by atoms with van der Waals surface area (Å²) in [6, 6.07) is 13.5. The van der Waals surface area contributed by atoms with Crippen LogP contribution < -0.4 is 4.74 Å². The van der Waals surface area contributed by atoms with Crippen molar-refractivity contribution in [3.05, 3.63) is 71.1 Å². The summed E-state index contributed by atoms with van der Waals surface area (Å²) in [5.41, 5.74) is 1.11. The minimum absolute atomic E-state index is 0.120. The first kappa shape index (κ1) is 16.8. The van der Waals surface area contributed by atoms with Gasteiger partial charge in [0, 0.05) is 24.5 Å². The molecule has 132 valence electrons. The van der Waals surface area contributed by atoms with Crippen LogP contribution in [0.15, 0.2) is 54.7 Å². The van der Waals surface area contributed by atoms with Gasteiger partial charge in [-0.2, -0.15) is 0 Å². The molecule has 1 aliphatic heterocycles. The van der Waals surface area contributed by atoms with Crippen LogP contribution in [0.2, 0.25) is 5.02 Å². The van der Waals surface area contributed by atoms with Crippen LogP contribution in [-0.4, -0.2) is 35.0 Å². The van der Waals surface area contributed by atoms with Gasteiger partial charge >= 0.3 is 0 Å². The molecule has 1 saturated heterocycles. The van der Waals surface area contributed by atoms with Crippen molar-refractivity contribution in [2.45, 2.75) is 12.5 Å². The van der Waals surface area contributed by atoms with Crippen molar-refractivity contribution in [2.24, 2.45) is 0 Å². The highest BCUT2D eigenvalue weighted by Gasteiger charge is 2.29. The molecule has 3 aromatic rings. The Labute approximate surface area is 155 Å². The largest absolute Gasteiger partial charge is 0.486 e. The molecule has 2 heterocycles. The summed E-state index contributed by atoms with van der Waals surface area (Å²) in [4.78, 5) is 18.7. The van der Waals surface area contributed by atoms with Crippen LogP contribution in [-0.2, 0) is 0 Å². The molecule has 0 radical (unpaired) electrons. The number of carbonyl (C=O) groups is 1. The molecule has 0 saturated carbocycles. The smallest absolute Gasteiger partial charge is 0.255 e. The molecule has 0 N–H and O–H groups in total. The van der Waals surface area contributed by atoms with Gasteiger partial charge in [-0.15, -0.1) is 0 Å². The molecule has 0 aliphatic carbocycles. The van der Waals surface area contributed by atoms with E-state index in [0.717, 1.165) is 17.0 Å². The van der Waals surface area contributed by atoms with E-state index in [1.165, 1.54) is 12.1 Å². The number of para-hydroxylation sites is 1. The number of aromatic nitrogens is 1. The van der Waals surface area contributed by atoms with Gasteiger partial charge in [0.25, 0.3) is 5.91 Å². The van der Waals surface area contributed by atoms with Crippen molar-refractivity contribution in [2.75, 3.05) is 13.1 Å². The van der Waals surface area contributed by atoms with E-state index in [2.05, 4.69) is 4.98 Å². The molecule has 6 heteroatoms. The number of likely N-dealkylation sites (tertiary alicyclic amines) is 1. The van der Waals surface area contributed by atoms with Crippen LogP contribution in [0.25, 0.3) is 10.9 Å². The lowest BCUT2D eigenvalue weighted by molar-refractivity contribution is 0.0773. The van der Waals surface area contributed by atoms with E-state index in [9.17, 15) is 9.18 Å². The first-order chi connectivity index (χ1) is 12.6. The summed E-state index contributed by atoms with van der Waals surface area (Å²) in [5.74, 6) is 0.0389. The highest BCUT2D eigenvalue weighted by atomic mass is 35.5. The number of pyridine rings is 1. The summed E-state index contributed by atoms with van der Waals surface area (Å²) in [5, 5.41) is 1.13. The molecule has 26 heavy (non-hydrogen) atoms. The molecular weight excluding hydrogens is 355 g/mol. The van der Waals surface area contributed by atoms with Gasteiger partial charge in [0.15, 0.2) is 0 Å². The van der Waals surface area contributed by atoms with Gasteiger partial charge in [-0.05, 0) is 30.3 Å². The number of amides is 1. The van der Waals surface area contributed by atoms with Gasteiger partial charge in [-0.3, -0.25) is 9.78 Å². The number of rotatable bonds is 3. The van der Waals surface area contributed by atoms with Crippen molar-refractivity contribution in [3.8, 4) is 5.75 Å². The van der Waals surface area contributed by atoms with Gasteiger partial charge in [0.2, 0.25) is 0 Å². The lowest BCUT2D eigenvalue weighted by Gasteiger charge is -2.18. The first-order valence-corrected chi connectivity index (χ1v) is 8.74. The third-order valence-corrected chi connectivity index (χ3v) is 4.80. The van der Waals surface area contributed by atoms with Crippen LogP contribution in [0.5, 0.6) is 5.75 Å². The molecule has 1 fully saturated rings. The predicted octanol–water partition coefficient (Wildman–Crippen LogP) is 4.32. The fourth-order valence-electron chi connectivity index (χ4n) is 3.19. The number of ether oxygens (including phenoxy) is 1. The number of hydrogen-bond donors (Lipinski definition) is 0. The van der Waals surface area contributed by atoms with Crippen molar-refractivity contribution in [1.29, 1.82) is 0 Å². The molecular formula is C20H16ClFN2O2. The zero-order valence-electron chi connectivity index (χ0n) is 13.9. The summed E-state index contributed by atoms with van der Waals surface area (Å²) in [6.45, 7) is 1.02. The Morgan fingerprint density at radius 1 is 1.23 bits per heavy atom. The minimum Gasteiger partial charge on any atom is -0.486 e. The molecule has 0 spiro atoms. The monoisotopic (exact) mass is 370 g/mol. The Balaban J connectivity index is 1.49. The SMILES string of the molecule is O=C(c1ccc(F)cc1Cl)N1CCC(Oc2cccc3cccnc23)C1. The van der Waals surface area contributed by atoms with Gasteiger partial charge in [-0.25, -0.2) is 4.39 Å². The quantitative estimate of drug-likeness (QED) is 0.689. The standard InChI is InChI=1S/C20H16ClFN2O2/c21-17-11-14(22)6-7-16(17)20(25)24-10-8-15(12-24)26-18-5-1-3-13-4-2-9-23-19(13)18/h1-7,9,11,15H,8,10,12H2. The fraction of sp³-hybridized carbons (Fsp3) is 0.200. The zero-order chi connectivity index (χ0) is 18.1. The average molecular weight is 371 g/mol. The topological polar surface area (TPSA) is 42.4 Å². The van der Waals surface area contributed by atoms with Crippen molar-refractivity contribution < 1.29 is 13.9 Å². The van der Waals surface area contributed by atoms with E-state index < -0.39 is 5.82 Å². The van der Waals surface area contributed by atoms with Gasteiger partial charge in [0.1, 0.15) is 23.2 Å². The minimum atomic E-state index is -0.461. The molecule has 1 aliphatic rings. The molecule has 4 rings (SSSR count). The number of fused-ring (bicyclic) bond motifs is 1. The second-order valence-corrected chi connectivity index (χ2v) is 6.64. The van der Waals surface area contributed by atoms with Crippen molar-refractivity contribution >= 4 is 28.4 Å². The zero-order valence-corrected chi connectivity index (χ0v) is 14.6. The van der Waals surface area contributed by atoms with Gasteiger partial charge in [-0.1, -0.05) is 29.8 Å². The van der Waals surface area contributed by atoms with E-state index in [1.54, 1.807) is 11.1 Å². The number of nitrogens with zero attached hydrogens (tertiary/aromatic N) is 2. The summed E-state index contributed by atoms with van der Waals surface area (Å²) in [6.07, 6.45) is 2.33. The Bertz CT molecular complexity index is 974. The van der Waals surface area contributed by atoms with Crippen LogP contribution in [0.4, 0.5) is 4.39 Å². The van der Waals surface area contributed by atoms with Crippen LogP contribution in [0.1, 0.15) is 16.8 Å². The summed E-state index contributed by atoms with van der Waals surface area (Å²) in [7, 11) is 0. The number of carbonyl (C=O) groups excluding carboxylic acids is 1. The van der Waals surface area contributed by atoms with E-state index in [4.69, 9.17) is 16.3 Å². The Hall–Kier alpha value is -2.66. The maximum absolute atomic E-state index is 13.2. The number of hydrogen-bond acceptors (Lipinski definition) is 3. The highest BCUT2D eigenvalue weighted by molar-refractivity contribution is 6.33. The van der Waals surface area contributed by atoms with E-state index in [-0.39, 0.29) is 17.0 Å². The third kappa shape index (κ3) is 3.22. The van der Waals surface area contributed by atoms with Crippen molar-refractivity contribution in [1.82, 2.24) is 9.88 Å². The average Bonchev–Trinajstić information content (AvgIpc) is 3.10. The van der Waals surface area contributed by atoms with Crippen LogP contribution in [0.3, 0.4) is 0 Å². The van der Waals surface area contributed by atoms with Crippen LogP contribution in [0, 0.1) is 5.82 Å². The van der Waals surface area contributed by atoms with E-state index in [0.29, 0.717) is 30.8 Å². The summed E-state index contributed by atoms with van der Waals surface area (Å²) < 4.78 is 19.3. The van der Waals surface area contributed by atoms with E-state index >= 15 is 0 Å². The molecule has 4 nitrogen and oxygen atoms in total. The third-order valence-electron chi connectivity index (χ3n) is 4.48. The summed E-state index contributed by atoms with van der Waals surface area (Å²) >= 11 is 6.01. The lowest BCUT2D eigenvalue weighted by atomic mass is 10.2. The maximum Gasteiger partial charge on any atom is 0.255 e. The second kappa shape index (κ2) is 6.92. The normalized spacial score (nSPS) is 16.8. The van der Waals surface area contributed by atoms with Gasteiger partial charge < -0.3 is 9.64 Å². The first-order valence-electron chi connectivity index (χ1n) is 8.36. The van der Waals surface area contributed by atoms with Gasteiger partial charge in [0.05, 0.1) is 17.1 Å². The molecule has 1 aromatic heterocycles. The molecule has 1 unspecified atom stereocenters. The van der Waals surface area contributed by atoms with E-state index in [1.807, 2.05) is 30.3 Å². The van der Waals surface area contributed by atoms with Crippen LogP contribution >= 0.6 is 11.6 Å². The Morgan fingerprint density at radius 2 is 2.08 bits per heavy atom. The molecule has 1 amide bonds. The Morgan fingerprint density at radius 3 is 2.92 bits per heavy atom. The number of benzene rings is 2. The Kier molecular flexibility index (Phi) is 4.47. The second-order valence-electron chi connectivity index (χ2n) is 6.24. The number of halogens is 2. The molecule has 1 atom stereocenters. The fourth-order valence-corrected chi connectivity index (χ4v) is 3.44. The predicted molar refractivity (Wildman–Crippen MR) is 98.1 cm³/mol. The maximum atomic E-state index is 13.2.